The van der Waals surface area contributed by atoms with Crippen LogP contribution in [0.4, 0.5) is 0 Å². The van der Waals surface area contributed by atoms with E-state index in [2.05, 4.69) is 0 Å². The van der Waals surface area contributed by atoms with Crippen molar-refractivity contribution >= 4 is 5.91 Å². The predicted octanol–water partition coefficient (Wildman–Crippen LogP) is -0.417. The van der Waals surface area contributed by atoms with Crippen molar-refractivity contribution < 1.29 is 9.53 Å². The van der Waals surface area contributed by atoms with Crippen LogP contribution in [0.1, 0.15) is 19.3 Å². The lowest BCUT2D eigenvalue weighted by molar-refractivity contribution is -0.114. The number of methoxy groups -OCH3 is 1. The molecule has 1 rings (SSSR count). The number of hydrogen-bond donors (Lipinski definition) is 1. The summed E-state index contributed by atoms with van der Waals surface area (Å²) in [7, 11) is 1.59. The standard InChI is InChI=1S/C9H18N3O2/c1-14-7-6-12-8(13)9(12,11)4-2-3-5-10/h11H,2-7,10H2,1H3. The average Bonchev–Trinajstić information content (AvgIpc) is 2.67. The minimum Gasteiger partial charge on any atom is -0.383 e. The van der Waals surface area contributed by atoms with Crippen LogP contribution in [0.25, 0.3) is 0 Å². The van der Waals surface area contributed by atoms with Crippen LogP contribution in [0, 0.1) is 0 Å². The van der Waals surface area contributed by atoms with Crippen molar-refractivity contribution in [1.29, 1.82) is 0 Å². The van der Waals surface area contributed by atoms with Crippen molar-refractivity contribution in [3.05, 3.63) is 0 Å². The molecule has 1 unspecified atom stereocenters. The second-order valence-corrected chi connectivity index (χ2v) is 3.56. The zero-order chi connectivity index (χ0) is 10.6. The molecular weight excluding hydrogens is 182 g/mol. The normalized spacial score (nSPS) is 25.6. The number of rotatable bonds is 7. The van der Waals surface area contributed by atoms with Crippen molar-refractivity contribution in [3.63, 3.8) is 0 Å². The Labute approximate surface area is 84.4 Å². The van der Waals surface area contributed by atoms with Crippen LogP contribution in [0.5, 0.6) is 0 Å². The topological polar surface area (TPSA) is 79.1 Å². The highest BCUT2D eigenvalue weighted by atomic mass is 16.5. The van der Waals surface area contributed by atoms with Crippen molar-refractivity contribution in [3.8, 4) is 0 Å². The molecule has 1 fully saturated rings. The Morgan fingerprint density at radius 2 is 2.29 bits per heavy atom. The molecule has 0 aromatic rings. The number of carbonyl (C=O) groups excluding carboxylic acids is 1. The largest absolute Gasteiger partial charge is 0.383 e. The first-order valence-corrected chi connectivity index (χ1v) is 4.93. The predicted molar refractivity (Wildman–Crippen MR) is 52.3 cm³/mol. The summed E-state index contributed by atoms with van der Waals surface area (Å²) >= 11 is 0. The second-order valence-electron chi connectivity index (χ2n) is 3.56. The first kappa shape index (κ1) is 11.4. The zero-order valence-electron chi connectivity index (χ0n) is 8.58. The molecule has 0 bridgehead atoms. The average molecular weight is 200 g/mol. The maximum absolute atomic E-state index is 11.3. The van der Waals surface area contributed by atoms with E-state index in [1.165, 1.54) is 0 Å². The molecule has 1 saturated heterocycles. The van der Waals surface area contributed by atoms with Gasteiger partial charge in [0.05, 0.1) is 6.61 Å². The summed E-state index contributed by atoms with van der Waals surface area (Å²) in [5.41, 5.74) is 12.2. The fraction of sp³-hybridized carbons (Fsp3) is 0.889. The van der Waals surface area contributed by atoms with Crippen molar-refractivity contribution in [2.75, 3.05) is 26.8 Å². The fourth-order valence-corrected chi connectivity index (χ4v) is 1.55. The van der Waals surface area contributed by atoms with Gasteiger partial charge in [-0.15, -0.1) is 0 Å². The second kappa shape index (κ2) is 4.72. The summed E-state index contributed by atoms with van der Waals surface area (Å²) in [4.78, 5) is 12.8. The lowest BCUT2D eigenvalue weighted by atomic mass is 10.1. The Hall–Kier alpha value is -0.650. The van der Waals surface area contributed by atoms with Gasteiger partial charge in [0.15, 0.2) is 5.66 Å². The lowest BCUT2D eigenvalue weighted by Crippen LogP contribution is -2.23. The van der Waals surface area contributed by atoms with Crippen LogP contribution in [0.3, 0.4) is 0 Å². The number of nitrogens with zero attached hydrogens (tertiary/aromatic N) is 1. The van der Waals surface area contributed by atoms with Gasteiger partial charge in [-0.3, -0.25) is 4.79 Å². The lowest BCUT2D eigenvalue weighted by Gasteiger charge is -2.08. The quantitative estimate of drug-likeness (QED) is 0.448. The molecule has 1 atom stereocenters. The summed E-state index contributed by atoms with van der Waals surface area (Å²) in [5.74, 6) is -0.0772. The van der Waals surface area contributed by atoms with Crippen LogP contribution in [0.2, 0.25) is 0 Å². The van der Waals surface area contributed by atoms with E-state index < -0.39 is 5.66 Å². The monoisotopic (exact) mass is 200 g/mol. The number of amides is 1. The Kier molecular flexibility index (Phi) is 3.86. The summed E-state index contributed by atoms with van der Waals surface area (Å²) in [6, 6.07) is 0. The molecule has 1 aliphatic heterocycles. The SMILES string of the molecule is COCCN1C(=O)C1([NH])CCCCN. The summed E-state index contributed by atoms with van der Waals surface area (Å²) in [6.07, 6.45) is 2.31. The van der Waals surface area contributed by atoms with Gasteiger partial charge in [-0.1, -0.05) is 0 Å². The number of carbonyl (C=O) groups is 1. The highest BCUT2D eigenvalue weighted by Gasteiger charge is 2.59. The number of nitrogens with one attached hydrogen (secondary N) is 1. The zero-order valence-corrected chi connectivity index (χ0v) is 8.58. The van der Waals surface area contributed by atoms with E-state index in [0.717, 1.165) is 12.8 Å². The minimum atomic E-state index is -0.965. The van der Waals surface area contributed by atoms with E-state index in [9.17, 15) is 4.79 Å². The van der Waals surface area contributed by atoms with Gasteiger partial charge in [-0.25, -0.2) is 5.73 Å². The Bertz CT molecular complexity index is 210. The third kappa shape index (κ3) is 2.23. The number of nitrogens with two attached hydrogens (primary N) is 1. The van der Waals surface area contributed by atoms with Crippen molar-refractivity contribution in [1.82, 2.24) is 10.6 Å². The van der Waals surface area contributed by atoms with E-state index in [-0.39, 0.29) is 5.91 Å². The van der Waals surface area contributed by atoms with Crippen LogP contribution in [0.15, 0.2) is 0 Å². The van der Waals surface area contributed by atoms with Gasteiger partial charge in [0.2, 0.25) is 0 Å². The number of ether oxygens (including phenoxy) is 1. The van der Waals surface area contributed by atoms with Gasteiger partial charge >= 0.3 is 0 Å². The van der Waals surface area contributed by atoms with Gasteiger partial charge in [0, 0.05) is 13.7 Å². The molecule has 1 amide bonds. The molecule has 0 aliphatic carbocycles. The van der Waals surface area contributed by atoms with Crippen LogP contribution >= 0.6 is 0 Å². The molecule has 0 spiro atoms. The molecule has 5 heteroatoms. The van der Waals surface area contributed by atoms with Crippen molar-refractivity contribution in [2.45, 2.75) is 24.9 Å². The van der Waals surface area contributed by atoms with Gasteiger partial charge in [0.25, 0.3) is 5.91 Å². The van der Waals surface area contributed by atoms with Gasteiger partial charge < -0.3 is 15.4 Å². The molecule has 1 heterocycles. The summed E-state index contributed by atoms with van der Waals surface area (Å²) in [6.45, 7) is 1.66. The number of unbranched alkanes of at least 4 members (excludes halogenated alkanes) is 1. The van der Waals surface area contributed by atoms with E-state index in [1.54, 1.807) is 12.0 Å². The Morgan fingerprint density at radius 1 is 1.57 bits per heavy atom. The first-order valence-electron chi connectivity index (χ1n) is 4.93. The van der Waals surface area contributed by atoms with E-state index in [0.29, 0.717) is 26.1 Å². The van der Waals surface area contributed by atoms with Crippen LogP contribution in [-0.4, -0.2) is 43.3 Å². The Morgan fingerprint density at radius 3 is 2.86 bits per heavy atom. The molecule has 1 aliphatic rings. The third-order valence-electron chi connectivity index (χ3n) is 2.52. The highest BCUT2D eigenvalue weighted by molar-refractivity contribution is 6.01. The maximum atomic E-state index is 11.3. The molecule has 81 valence electrons. The molecule has 0 saturated carbocycles. The van der Waals surface area contributed by atoms with E-state index in [4.69, 9.17) is 16.2 Å². The summed E-state index contributed by atoms with van der Waals surface area (Å²) < 4.78 is 4.86. The van der Waals surface area contributed by atoms with Crippen LogP contribution < -0.4 is 11.5 Å². The number of hydrogen-bond acceptors (Lipinski definition) is 3. The first-order chi connectivity index (χ1) is 6.66. The van der Waals surface area contributed by atoms with E-state index >= 15 is 0 Å². The molecule has 5 nitrogen and oxygen atoms in total. The molecule has 1 radical (unpaired) electrons. The molecule has 3 N–H and O–H groups in total. The third-order valence-corrected chi connectivity index (χ3v) is 2.52. The molecule has 14 heavy (non-hydrogen) atoms. The summed E-state index contributed by atoms with van der Waals surface area (Å²) in [5, 5.41) is 0. The molecule has 0 aromatic carbocycles. The van der Waals surface area contributed by atoms with Crippen molar-refractivity contribution in [2.24, 2.45) is 5.73 Å². The molecular formula is C9H18N3O2. The van der Waals surface area contributed by atoms with Gasteiger partial charge in [0.1, 0.15) is 0 Å². The molecule has 0 aromatic heterocycles. The minimum absolute atomic E-state index is 0.0772. The van der Waals surface area contributed by atoms with Gasteiger partial charge in [-0.2, -0.15) is 0 Å². The maximum Gasteiger partial charge on any atom is 0.266 e. The van der Waals surface area contributed by atoms with Crippen LogP contribution in [-0.2, 0) is 9.53 Å². The fourth-order valence-electron chi connectivity index (χ4n) is 1.55. The smallest absolute Gasteiger partial charge is 0.266 e. The van der Waals surface area contributed by atoms with Gasteiger partial charge in [-0.05, 0) is 25.8 Å². The highest BCUT2D eigenvalue weighted by Crippen LogP contribution is 2.34. The van der Waals surface area contributed by atoms with E-state index in [1.807, 2.05) is 0 Å². The Balaban J connectivity index is 2.26.